The Morgan fingerprint density at radius 3 is 1.92 bits per heavy atom. The summed E-state index contributed by atoms with van der Waals surface area (Å²) >= 11 is 0. The largest absolute Gasteiger partial charge is 0.265 e. The number of aromatic nitrogens is 1. The number of hydrogen-bond donors (Lipinski definition) is 1. The highest BCUT2D eigenvalue weighted by Gasteiger charge is 1.98. The van der Waals surface area contributed by atoms with Crippen LogP contribution in [0.4, 0.5) is 0 Å². The molecule has 0 unspecified atom stereocenters. The topological polar surface area (TPSA) is 102 Å². The minimum Gasteiger partial charge on any atom is -0.265 e. The van der Waals surface area contributed by atoms with Gasteiger partial charge in [-0.2, -0.15) is 14.0 Å². The maximum Gasteiger partial charge on any atom is 0.0777 e. The molecule has 5 nitrogen and oxygen atoms in total. The Labute approximate surface area is 77.3 Å². The van der Waals surface area contributed by atoms with Crippen molar-refractivity contribution in [3.8, 4) is 0 Å². The van der Waals surface area contributed by atoms with Crippen molar-refractivity contribution in [2.45, 2.75) is 0 Å². The molecule has 1 aromatic rings. The zero-order valence-corrected chi connectivity index (χ0v) is 7.35. The van der Waals surface area contributed by atoms with E-state index in [1.165, 1.54) is 0 Å². The molecular formula is C7H8ClNO4. The molecule has 0 fully saturated rings. The summed E-state index contributed by atoms with van der Waals surface area (Å²) in [5.41, 5.74) is 1.11. The fourth-order valence-corrected chi connectivity index (χ4v) is 0.500. The third-order valence-corrected chi connectivity index (χ3v) is 0.942. The molecular weight excluding hydrogens is 198 g/mol. The Bertz CT molecular complexity index is 240. The minimum atomic E-state index is -4.69. The molecule has 0 amide bonds. The van der Waals surface area contributed by atoms with E-state index in [2.05, 4.69) is 11.6 Å². The van der Waals surface area contributed by atoms with Crippen LogP contribution in [0, 0.1) is 10.2 Å². The van der Waals surface area contributed by atoms with E-state index >= 15 is 0 Å². The molecule has 13 heavy (non-hydrogen) atoms. The van der Waals surface area contributed by atoms with Gasteiger partial charge in [-0.15, -0.1) is 0 Å². The number of hydrogen-bond acceptors (Lipinski definition) is 5. The molecule has 0 radical (unpaired) electrons. The summed E-state index contributed by atoms with van der Waals surface area (Å²) in [6.45, 7) is 3.60. The van der Waals surface area contributed by atoms with Crippen LogP contribution in [0.15, 0.2) is 31.1 Å². The SMILES string of the molecule is C=Cc1ccncc1.[O-][Cl+3]([O-])([O-])O. The van der Waals surface area contributed by atoms with Gasteiger partial charge in [0.1, 0.15) is 0 Å². The number of halogens is 1. The average molecular weight is 206 g/mol. The molecule has 0 saturated carbocycles. The van der Waals surface area contributed by atoms with Crippen LogP contribution in [0.5, 0.6) is 0 Å². The molecule has 0 aliphatic carbocycles. The molecule has 1 heterocycles. The van der Waals surface area contributed by atoms with Gasteiger partial charge in [0, 0.05) is 12.4 Å². The Hall–Kier alpha value is -0.980. The van der Waals surface area contributed by atoms with E-state index in [9.17, 15) is 0 Å². The zero-order valence-electron chi connectivity index (χ0n) is 6.59. The molecule has 0 atom stereocenters. The van der Waals surface area contributed by atoms with Gasteiger partial charge >= 0.3 is 0 Å². The summed E-state index contributed by atoms with van der Waals surface area (Å²) in [6.07, 6.45) is 5.29. The first-order chi connectivity index (χ1) is 5.93. The number of nitrogens with zero attached hydrogens (tertiary/aromatic N) is 1. The van der Waals surface area contributed by atoms with Crippen molar-refractivity contribution in [2.24, 2.45) is 0 Å². The van der Waals surface area contributed by atoms with Crippen molar-refractivity contribution in [3.63, 3.8) is 0 Å². The van der Waals surface area contributed by atoms with Gasteiger partial charge in [0.2, 0.25) is 0 Å². The van der Waals surface area contributed by atoms with Crippen LogP contribution in [0.3, 0.4) is 0 Å². The fourth-order valence-electron chi connectivity index (χ4n) is 0.500. The van der Waals surface area contributed by atoms with Crippen molar-refractivity contribution >= 4 is 6.08 Å². The van der Waals surface area contributed by atoms with Gasteiger partial charge in [-0.3, -0.25) is 4.98 Å². The lowest BCUT2D eigenvalue weighted by Crippen LogP contribution is -2.58. The quantitative estimate of drug-likeness (QED) is 0.551. The summed E-state index contributed by atoms with van der Waals surface area (Å²) in [4.78, 5) is 3.85. The summed E-state index contributed by atoms with van der Waals surface area (Å²) in [5, 5.41) is 0. The summed E-state index contributed by atoms with van der Waals surface area (Å²) in [7, 11) is -4.69. The summed E-state index contributed by atoms with van der Waals surface area (Å²) in [6, 6.07) is 3.82. The maximum absolute atomic E-state index is 8.60. The van der Waals surface area contributed by atoms with Crippen molar-refractivity contribution in [2.75, 3.05) is 0 Å². The third kappa shape index (κ3) is 11.0. The maximum atomic E-state index is 8.60. The lowest BCUT2D eigenvalue weighted by Gasteiger charge is -2.03. The van der Waals surface area contributed by atoms with E-state index in [4.69, 9.17) is 18.6 Å². The molecule has 0 bridgehead atoms. The van der Waals surface area contributed by atoms with Crippen molar-refractivity contribution < 1.29 is 28.9 Å². The van der Waals surface area contributed by atoms with Crippen molar-refractivity contribution in [1.29, 1.82) is 0 Å². The normalized spacial score (nSPS) is 9.85. The molecule has 1 N–H and O–H groups in total. The Balaban J connectivity index is 0.000000252. The van der Waals surface area contributed by atoms with Crippen LogP contribution in [0.2, 0.25) is 0 Å². The monoisotopic (exact) mass is 205 g/mol. The highest BCUT2D eigenvalue weighted by molar-refractivity contribution is 5.44. The Morgan fingerprint density at radius 1 is 1.31 bits per heavy atom. The van der Waals surface area contributed by atoms with E-state index < -0.39 is 10.2 Å². The third-order valence-electron chi connectivity index (χ3n) is 0.942. The first-order valence-electron chi connectivity index (χ1n) is 3.09. The minimum absolute atomic E-state index is 1.11. The van der Waals surface area contributed by atoms with Crippen LogP contribution < -0.4 is 14.0 Å². The first kappa shape index (κ1) is 12.0. The molecule has 72 valence electrons. The predicted molar refractivity (Wildman–Crippen MR) is 36.5 cm³/mol. The van der Waals surface area contributed by atoms with E-state index in [-0.39, 0.29) is 0 Å². The van der Waals surface area contributed by atoms with E-state index in [1.54, 1.807) is 18.5 Å². The number of rotatable bonds is 1. The Kier molecular flexibility index (Phi) is 5.20. The number of pyridine rings is 1. The van der Waals surface area contributed by atoms with Crippen LogP contribution in [-0.2, 0) is 0 Å². The molecule has 0 saturated heterocycles. The average Bonchev–Trinajstić information content (AvgIpc) is 2.03. The molecule has 0 aromatic carbocycles. The molecule has 1 rings (SSSR count). The van der Waals surface area contributed by atoms with Crippen LogP contribution in [0.25, 0.3) is 6.08 Å². The predicted octanol–water partition coefficient (Wildman–Crippen LogP) is -2.40. The lowest BCUT2D eigenvalue weighted by atomic mass is 10.3. The van der Waals surface area contributed by atoms with Gasteiger partial charge in [0.15, 0.2) is 0 Å². The molecule has 6 heteroatoms. The van der Waals surface area contributed by atoms with E-state index in [0.29, 0.717) is 0 Å². The van der Waals surface area contributed by atoms with Crippen molar-refractivity contribution in [1.82, 2.24) is 4.98 Å². The van der Waals surface area contributed by atoms with Crippen LogP contribution >= 0.6 is 0 Å². The van der Waals surface area contributed by atoms with Gasteiger partial charge in [0.25, 0.3) is 0 Å². The zero-order chi connectivity index (χ0) is 10.3. The smallest absolute Gasteiger partial charge is 0.0777 e. The van der Waals surface area contributed by atoms with Gasteiger partial charge in [-0.25, -0.2) is 0 Å². The molecule has 0 aliphatic heterocycles. The molecule has 1 aromatic heterocycles. The highest BCUT2D eigenvalue weighted by Crippen LogP contribution is 1.94. The summed E-state index contributed by atoms with van der Waals surface area (Å²) in [5.74, 6) is 0. The summed E-state index contributed by atoms with van der Waals surface area (Å²) < 4.78 is 32.7. The Morgan fingerprint density at radius 2 is 1.69 bits per heavy atom. The highest BCUT2D eigenvalue weighted by atomic mass is 35.7. The lowest BCUT2D eigenvalue weighted by molar-refractivity contribution is -1.92. The second-order valence-electron chi connectivity index (χ2n) is 1.88. The molecule has 0 aliphatic rings. The van der Waals surface area contributed by atoms with Gasteiger partial charge in [-0.05, 0) is 17.7 Å². The van der Waals surface area contributed by atoms with Crippen molar-refractivity contribution in [3.05, 3.63) is 36.7 Å². The molecule has 0 spiro atoms. The standard InChI is InChI=1S/C7H7N.ClHO4/c1-2-7-3-5-8-6-4-7;2-1(3,4)5/h2-6H,1H2;(H,2,3,4,5). The fraction of sp³-hybridized carbons (Fsp3) is 0. The van der Waals surface area contributed by atoms with Gasteiger partial charge in [-0.1, -0.05) is 12.7 Å². The van der Waals surface area contributed by atoms with Gasteiger partial charge in [0.05, 0.1) is 14.9 Å². The van der Waals surface area contributed by atoms with Crippen LogP contribution in [0.1, 0.15) is 5.56 Å². The van der Waals surface area contributed by atoms with E-state index in [1.807, 2.05) is 12.1 Å². The first-order valence-corrected chi connectivity index (χ1v) is 4.35. The van der Waals surface area contributed by atoms with E-state index in [0.717, 1.165) is 5.56 Å². The second-order valence-corrected chi connectivity index (χ2v) is 2.67. The van der Waals surface area contributed by atoms with Crippen LogP contribution in [-0.4, -0.2) is 9.64 Å². The second kappa shape index (κ2) is 5.63. The van der Waals surface area contributed by atoms with Gasteiger partial charge < -0.3 is 0 Å².